The van der Waals surface area contributed by atoms with Gasteiger partial charge >= 0.3 is 0 Å². The maximum Gasteiger partial charge on any atom is 0.139 e. The monoisotopic (exact) mass is 260 g/mol. The van der Waals surface area contributed by atoms with Crippen molar-refractivity contribution in [3.63, 3.8) is 0 Å². The molecule has 0 aliphatic carbocycles. The second-order valence-electron chi connectivity index (χ2n) is 4.92. The first-order valence-corrected chi connectivity index (χ1v) is 6.66. The average Bonchev–Trinajstić information content (AvgIpc) is 2.49. The van der Waals surface area contributed by atoms with E-state index >= 15 is 0 Å². The van der Waals surface area contributed by atoms with Crippen molar-refractivity contribution in [2.75, 3.05) is 0 Å². The molecule has 0 fully saturated rings. The zero-order valence-electron chi connectivity index (χ0n) is 11.3. The molecule has 0 atom stereocenters. The summed E-state index contributed by atoms with van der Waals surface area (Å²) in [5.41, 5.74) is 5.11. The Kier molecular flexibility index (Phi) is 3.38. The fourth-order valence-electron chi connectivity index (χ4n) is 2.28. The van der Waals surface area contributed by atoms with Crippen LogP contribution in [0, 0.1) is 5.82 Å². The van der Waals surface area contributed by atoms with Crippen LogP contribution in [-0.4, -0.2) is 7.85 Å². The van der Waals surface area contributed by atoms with Crippen LogP contribution in [0.25, 0.3) is 22.3 Å². The van der Waals surface area contributed by atoms with Crippen LogP contribution in [0.15, 0.2) is 72.8 Å². The average molecular weight is 260 g/mol. The van der Waals surface area contributed by atoms with E-state index in [-0.39, 0.29) is 5.82 Å². The molecule has 0 aliphatic heterocycles. The smallest absolute Gasteiger partial charge is 0.139 e. The summed E-state index contributed by atoms with van der Waals surface area (Å²) in [5, 5.41) is 0. The van der Waals surface area contributed by atoms with Crippen molar-refractivity contribution in [3.05, 3.63) is 78.6 Å². The van der Waals surface area contributed by atoms with Crippen molar-refractivity contribution >= 4 is 13.3 Å². The molecule has 3 aromatic rings. The summed E-state index contributed by atoms with van der Waals surface area (Å²) in [6, 6.07) is 23.3. The molecule has 0 unspecified atom stereocenters. The van der Waals surface area contributed by atoms with Crippen molar-refractivity contribution in [1.29, 1.82) is 0 Å². The van der Waals surface area contributed by atoms with Crippen molar-refractivity contribution in [2.24, 2.45) is 0 Å². The van der Waals surface area contributed by atoms with Gasteiger partial charge in [0.1, 0.15) is 13.7 Å². The van der Waals surface area contributed by atoms with Gasteiger partial charge in [-0.05, 0) is 22.8 Å². The lowest BCUT2D eigenvalue weighted by atomic mass is 9.93. The third kappa shape index (κ3) is 2.50. The third-order valence-electron chi connectivity index (χ3n) is 3.45. The zero-order valence-corrected chi connectivity index (χ0v) is 11.3. The minimum Gasteiger partial charge on any atom is -0.206 e. The van der Waals surface area contributed by atoms with Gasteiger partial charge in [0.05, 0.1) is 0 Å². The first kappa shape index (κ1) is 12.7. The van der Waals surface area contributed by atoms with Crippen LogP contribution < -0.4 is 5.46 Å². The molecule has 2 heteroatoms. The third-order valence-corrected chi connectivity index (χ3v) is 3.45. The summed E-state index contributed by atoms with van der Waals surface area (Å²) in [6.45, 7) is 0. The van der Waals surface area contributed by atoms with E-state index in [0.717, 1.165) is 11.1 Å². The SMILES string of the molecule is Bc1ccc(-c2ccc(-c3ccccc3F)cc2)cc1. The van der Waals surface area contributed by atoms with Crippen molar-refractivity contribution < 1.29 is 4.39 Å². The Bertz CT molecular complexity index is 715. The van der Waals surface area contributed by atoms with Gasteiger partial charge in [0, 0.05) is 5.56 Å². The second kappa shape index (κ2) is 5.34. The van der Waals surface area contributed by atoms with Gasteiger partial charge in [0.15, 0.2) is 0 Å². The standard InChI is InChI=1S/C18H14BF/c19-16-11-9-14(10-12-16)13-5-7-15(8-6-13)17-3-1-2-4-18(17)20/h1-12H,19H2. The molecule has 20 heavy (non-hydrogen) atoms. The first-order valence-electron chi connectivity index (χ1n) is 6.66. The highest BCUT2D eigenvalue weighted by molar-refractivity contribution is 6.32. The first-order chi connectivity index (χ1) is 9.74. The molecule has 0 aromatic heterocycles. The largest absolute Gasteiger partial charge is 0.206 e. The van der Waals surface area contributed by atoms with Gasteiger partial charge in [-0.3, -0.25) is 0 Å². The predicted molar refractivity (Wildman–Crippen MR) is 85.5 cm³/mol. The summed E-state index contributed by atoms with van der Waals surface area (Å²) >= 11 is 0. The van der Waals surface area contributed by atoms with E-state index in [4.69, 9.17) is 0 Å². The minimum absolute atomic E-state index is 0.185. The van der Waals surface area contributed by atoms with Crippen LogP contribution in [-0.2, 0) is 0 Å². The Balaban J connectivity index is 1.96. The number of hydrogen-bond acceptors (Lipinski definition) is 0. The van der Waals surface area contributed by atoms with Crippen LogP contribution >= 0.6 is 0 Å². The summed E-state index contributed by atoms with van der Waals surface area (Å²) in [4.78, 5) is 0. The highest BCUT2D eigenvalue weighted by Gasteiger charge is 2.04. The Hall–Kier alpha value is -2.35. The van der Waals surface area contributed by atoms with Crippen LogP contribution in [0.4, 0.5) is 4.39 Å². The number of hydrogen-bond donors (Lipinski definition) is 0. The maximum atomic E-state index is 13.7. The topological polar surface area (TPSA) is 0 Å². The minimum atomic E-state index is -0.185. The van der Waals surface area contributed by atoms with Crippen LogP contribution in [0.1, 0.15) is 0 Å². The molecule has 0 bridgehead atoms. The van der Waals surface area contributed by atoms with E-state index in [9.17, 15) is 4.39 Å². The quantitative estimate of drug-likeness (QED) is 0.619. The molecular weight excluding hydrogens is 246 g/mol. The Labute approximate surface area is 119 Å². The van der Waals surface area contributed by atoms with E-state index in [1.54, 1.807) is 12.1 Å². The fraction of sp³-hybridized carbons (Fsp3) is 0. The maximum absolute atomic E-state index is 13.7. The lowest BCUT2D eigenvalue weighted by Gasteiger charge is -2.06. The Morgan fingerprint density at radius 1 is 0.600 bits per heavy atom. The molecule has 96 valence electrons. The lowest BCUT2D eigenvalue weighted by Crippen LogP contribution is -1.99. The Morgan fingerprint density at radius 2 is 1.10 bits per heavy atom. The van der Waals surface area contributed by atoms with Crippen molar-refractivity contribution in [1.82, 2.24) is 0 Å². The van der Waals surface area contributed by atoms with Gasteiger partial charge in [-0.1, -0.05) is 72.2 Å². The van der Waals surface area contributed by atoms with Crippen molar-refractivity contribution in [2.45, 2.75) is 0 Å². The highest BCUT2D eigenvalue weighted by atomic mass is 19.1. The fourth-order valence-corrected chi connectivity index (χ4v) is 2.28. The molecule has 3 aromatic carbocycles. The Morgan fingerprint density at radius 3 is 1.70 bits per heavy atom. The van der Waals surface area contributed by atoms with E-state index < -0.39 is 0 Å². The van der Waals surface area contributed by atoms with Crippen LogP contribution in [0.3, 0.4) is 0 Å². The highest BCUT2D eigenvalue weighted by Crippen LogP contribution is 2.26. The summed E-state index contributed by atoms with van der Waals surface area (Å²) in [7, 11) is 2.07. The molecule has 0 N–H and O–H groups in total. The summed E-state index contributed by atoms with van der Waals surface area (Å²) < 4.78 is 13.7. The molecule has 0 saturated heterocycles. The summed E-state index contributed by atoms with van der Waals surface area (Å²) in [6.07, 6.45) is 0. The molecule has 0 saturated carbocycles. The molecule has 0 spiro atoms. The lowest BCUT2D eigenvalue weighted by molar-refractivity contribution is 0.631. The van der Waals surface area contributed by atoms with Gasteiger partial charge in [0.2, 0.25) is 0 Å². The van der Waals surface area contributed by atoms with Crippen LogP contribution in [0.5, 0.6) is 0 Å². The van der Waals surface area contributed by atoms with E-state index in [0.29, 0.717) is 5.56 Å². The van der Waals surface area contributed by atoms with Crippen molar-refractivity contribution in [3.8, 4) is 22.3 Å². The number of halogens is 1. The molecule has 3 rings (SSSR count). The molecule has 0 nitrogen and oxygen atoms in total. The molecular formula is C18H14BF. The summed E-state index contributed by atoms with van der Waals surface area (Å²) in [5.74, 6) is -0.185. The predicted octanol–water partition coefficient (Wildman–Crippen LogP) is 3.42. The van der Waals surface area contributed by atoms with E-state index in [1.807, 2.05) is 30.3 Å². The molecule has 0 amide bonds. The molecule has 0 aliphatic rings. The zero-order chi connectivity index (χ0) is 13.9. The van der Waals surface area contributed by atoms with E-state index in [1.165, 1.54) is 17.1 Å². The van der Waals surface area contributed by atoms with Gasteiger partial charge in [-0.25, -0.2) is 4.39 Å². The van der Waals surface area contributed by atoms with Crippen LogP contribution in [0.2, 0.25) is 0 Å². The number of rotatable bonds is 2. The molecule has 0 heterocycles. The number of benzene rings is 3. The van der Waals surface area contributed by atoms with Gasteiger partial charge in [-0.15, -0.1) is 0 Å². The second-order valence-corrected chi connectivity index (χ2v) is 4.92. The van der Waals surface area contributed by atoms with Gasteiger partial charge in [0.25, 0.3) is 0 Å². The normalized spacial score (nSPS) is 10.4. The molecule has 0 radical (unpaired) electrons. The van der Waals surface area contributed by atoms with E-state index in [2.05, 4.69) is 32.1 Å². The van der Waals surface area contributed by atoms with Gasteiger partial charge < -0.3 is 0 Å². The van der Waals surface area contributed by atoms with Gasteiger partial charge in [-0.2, -0.15) is 0 Å².